The zero-order valence-corrected chi connectivity index (χ0v) is 10.8. The predicted octanol–water partition coefficient (Wildman–Crippen LogP) is 3.19. The van der Waals surface area contributed by atoms with Gasteiger partial charge in [0.05, 0.1) is 18.0 Å². The average Bonchev–Trinajstić information content (AvgIpc) is 2.91. The van der Waals surface area contributed by atoms with Crippen LogP contribution in [0, 0.1) is 0 Å². The molecule has 0 saturated carbocycles. The van der Waals surface area contributed by atoms with Crippen molar-refractivity contribution in [3.63, 3.8) is 0 Å². The highest BCUT2D eigenvalue weighted by Crippen LogP contribution is 2.38. The van der Waals surface area contributed by atoms with Crippen LogP contribution >= 0.6 is 0 Å². The average molecular weight is 263 g/mol. The molecular weight excluding hydrogens is 250 g/mol. The van der Waals surface area contributed by atoms with Gasteiger partial charge >= 0.3 is 0 Å². The molecule has 0 saturated heterocycles. The smallest absolute Gasteiger partial charge is 0.156 e. The molecule has 0 unspecified atom stereocenters. The number of aromatic nitrogens is 2. The van der Waals surface area contributed by atoms with E-state index in [9.17, 15) is 0 Å². The van der Waals surface area contributed by atoms with Crippen molar-refractivity contribution >= 4 is 22.2 Å². The molecule has 0 amide bonds. The first-order valence-electron chi connectivity index (χ1n) is 6.58. The molecule has 4 rings (SSSR count). The van der Waals surface area contributed by atoms with Crippen LogP contribution in [0.4, 0.5) is 5.69 Å². The van der Waals surface area contributed by atoms with Crippen molar-refractivity contribution in [1.82, 2.24) is 9.97 Å². The quantitative estimate of drug-likeness (QED) is 0.803. The lowest BCUT2D eigenvalue weighted by molar-refractivity contribution is 0.393. The monoisotopic (exact) mass is 263 g/mol. The number of anilines is 1. The second-order valence-electron chi connectivity index (χ2n) is 4.99. The second kappa shape index (κ2) is 4.20. The lowest BCUT2D eigenvalue weighted by Gasteiger charge is -2.08. The lowest BCUT2D eigenvalue weighted by Crippen LogP contribution is -1.96. The highest BCUT2D eigenvalue weighted by atomic mass is 16.5. The molecule has 2 heterocycles. The van der Waals surface area contributed by atoms with E-state index in [1.165, 1.54) is 16.7 Å². The molecule has 2 aromatic rings. The van der Waals surface area contributed by atoms with Gasteiger partial charge in [0.15, 0.2) is 5.82 Å². The summed E-state index contributed by atoms with van der Waals surface area (Å²) < 4.78 is 5.22. The van der Waals surface area contributed by atoms with E-state index in [2.05, 4.69) is 9.97 Å². The largest absolute Gasteiger partial charge is 0.472 e. The maximum absolute atomic E-state index is 5.78. The van der Waals surface area contributed by atoms with Gasteiger partial charge in [-0.3, -0.25) is 0 Å². The van der Waals surface area contributed by atoms with E-state index in [1.807, 2.05) is 36.7 Å². The molecule has 0 bridgehead atoms. The fourth-order valence-electron chi connectivity index (χ4n) is 2.71. The molecule has 2 N–H and O–H groups in total. The zero-order valence-electron chi connectivity index (χ0n) is 10.8. The zero-order chi connectivity index (χ0) is 13.5. The van der Waals surface area contributed by atoms with Crippen LogP contribution in [0.3, 0.4) is 0 Å². The Morgan fingerprint density at radius 3 is 3.10 bits per heavy atom. The van der Waals surface area contributed by atoms with Gasteiger partial charge in [0.25, 0.3) is 0 Å². The SMILES string of the molecule is Nc1ccc2nc(C3=C4C=COC=C4CC3)ncc2c1. The van der Waals surface area contributed by atoms with E-state index in [0.717, 1.165) is 35.3 Å². The van der Waals surface area contributed by atoms with E-state index in [0.29, 0.717) is 0 Å². The number of fused-ring (bicyclic) bond motifs is 2. The predicted molar refractivity (Wildman–Crippen MR) is 78.4 cm³/mol. The van der Waals surface area contributed by atoms with Gasteiger partial charge in [-0.1, -0.05) is 0 Å². The Labute approximate surface area is 116 Å². The summed E-state index contributed by atoms with van der Waals surface area (Å²) in [5, 5.41) is 0.968. The molecule has 1 aromatic carbocycles. The van der Waals surface area contributed by atoms with E-state index >= 15 is 0 Å². The summed E-state index contributed by atoms with van der Waals surface area (Å²) in [5.41, 5.74) is 11.0. The summed E-state index contributed by atoms with van der Waals surface area (Å²) in [6, 6.07) is 5.70. The Morgan fingerprint density at radius 2 is 2.15 bits per heavy atom. The summed E-state index contributed by atoms with van der Waals surface area (Å²) in [7, 11) is 0. The number of hydrogen-bond acceptors (Lipinski definition) is 4. The molecule has 1 aliphatic carbocycles. The number of nitrogens with zero attached hydrogens (tertiary/aromatic N) is 2. The summed E-state index contributed by atoms with van der Waals surface area (Å²) >= 11 is 0. The third kappa shape index (κ3) is 1.69. The van der Waals surface area contributed by atoms with Crippen LogP contribution in [-0.2, 0) is 4.74 Å². The van der Waals surface area contributed by atoms with Crippen LogP contribution in [-0.4, -0.2) is 9.97 Å². The van der Waals surface area contributed by atoms with Crippen molar-refractivity contribution in [2.75, 3.05) is 5.73 Å². The minimum atomic E-state index is 0.731. The van der Waals surface area contributed by atoms with Gasteiger partial charge in [-0.15, -0.1) is 0 Å². The van der Waals surface area contributed by atoms with Gasteiger partial charge < -0.3 is 10.5 Å². The standard InChI is InChI=1S/C16H13N3O/c17-12-2-4-15-11(7-12)8-18-16(19-15)14-3-1-10-9-20-6-5-13(10)14/h2,4-9H,1,3,17H2. The normalized spacial score (nSPS) is 17.1. The van der Waals surface area contributed by atoms with E-state index in [1.54, 1.807) is 6.26 Å². The highest BCUT2D eigenvalue weighted by Gasteiger charge is 2.23. The molecule has 2 aliphatic rings. The van der Waals surface area contributed by atoms with Crippen LogP contribution in [0.15, 0.2) is 54.1 Å². The van der Waals surface area contributed by atoms with Gasteiger partial charge in [-0.05, 0) is 48.3 Å². The van der Waals surface area contributed by atoms with E-state index < -0.39 is 0 Å². The van der Waals surface area contributed by atoms with Crippen molar-refractivity contribution in [1.29, 1.82) is 0 Å². The number of nitrogen functional groups attached to an aromatic ring is 1. The molecule has 0 fully saturated rings. The number of nitrogens with two attached hydrogens (primary N) is 1. The van der Waals surface area contributed by atoms with E-state index in [-0.39, 0.29) is 0 Å². The summed E-state index contributed by atoms with van der Waals surface area (Å²) in [6.45, 7) is 0. The maximum atomic E-state index is 5.78. The lowest BCUT2D eigenvalue weighted by atomic mass is 10.1. The Kier molecular flexibility index (Phi) is 2.36. The summed E-state index contributed by atoms with van der Waals surface area (Å²) in [5.74, 6) is 0.798. The van der Waals surface area contributed by atoms with Gasteiger partial charge in [-0.2, -0.15) is 0 Å². The van der Waals surface area contributed by atoms with Crippen molar-refractivity contribution < 1.29 is 4.74 Å². The highest BCUT2D eigenvalue weighted by molar-refractivity contribution is 5.84. The van der Waals surface area contributed by atoms with Gasteiger partial charge in [0, 0.05) is 22.8 Å². The van der Waals surface area contributed by atoms with Crippen LogP contribution in [0.25, 0.3) is 16.5 Å². The van der Waals surface area contributed by atoms with Crippen molar-refractivity contribution in [2.24, 2.45) is 0 Å². The van der Waals surface area contributed by atoms with Crippen LogP contribution in [0.5, 0.6) is 0 Å². The molecular formula is C16H13N3O. The first-order valence-corrected chi connectivity index (χ1v) is 6.58. The van der Waals surface area contributed by atoms with E-state index in [4.69, 9.17) is 10.5 Å². The Balaban J connectivity index is 1.87. The summed E-state index contributed by atoms with van der Waals surface area (Å²) in [4.78, 5) is 9.16. The first-order chi connectivity index (χ1) is 9.81. The number of allylic oxidation sites excluding steroid dienone is 4. The topological polar surface area (TPSA) is 61.0 Å². The van der Waals surface area contributed by atoms with Crippen LogP contribution < -0.4 is 5.73 Å². The minimum absolute atomic E-state index is 0.731. The molecule has 4 nitrogen and oxygen atoms in total. The molecule has 1 aliphatic heterocycles. The first kappa shape index (κ1) is 11.2. The van der Waals surface area contributed by atoms with Crippen LogP contribution in [0.2, 0.25) is 0 Å². The molecule has 98 valence electrons. The number of benzene rings is 1. The molecule has 0 radical (unpaired) electrons. The van der Waals surface area contributed by atoms with Gasteiger partial charge in [0.2, 0.25) is 0 Å². The molecule has 0 atom stereocenters. The molecule has 0 spiro atoms. The minimum Gasteiger partial charge on any atom is -0.472 e. The fourth-order valence-corrected chi connectivity index (χ4v) is 2.71. The number of hydrogen-bond donors (Lipinski definition) is 1. The Bertz CT molecular complexity index is 802. The Morgan fingerprint density at radius 1 is 1.20 bits per heavy atom. The second-order valence-corrected chi connectivity index (χ2v) is 4.99. The van der Waals surface area contributed by atoms with Crippen molar-refractivity contribution in [3.8, 4) is 0 Å². The van der Waals surface area contributed by atoms with Gasteiger partial charge in [-0.25, -0.2) is 9.97 Å². The Hall–Kier alpha value is -2.62. The summed E-state index contributed by atoms with van der Waals surface area (Å²) in [6.07, 6.45) is 9.28. The van der Waals surface area contributed by atoms with Crippen molar-refractivity contribution in [3.05, 3.63) is 60.0 Å². The third-order valence-electron chi connectivity index (χ3n) is 3.71. The van der Waals surface area contributed by atoms with Crippen molar-refractivity contribution in [2.45, 2.75) is 12.8 Å². The maximum Gasteiger partial charge on any atom is 0.156 e. The fraction of sp³-hybridized carbons (Fsp3) is 0.125. The molecule has 4 heteroatoms. The molecule has 20 heavy (non-hydrogen) atoms. The van der Waals surface area contributed by atoms with Gasteiger partial charge in [0.1, 0.15) is 0 Å². The molecule has 1 aromatic heterocycles. The third-order valence-corrected chi connectivity index (χ3v) is 3.71. The number of rotatable bonds is 1. The van der Waals surface area contributed by atoms with Crippen LogP contribution in [0.1, 0.15) is 18.7 Å². The number of ether oxygens (including phenoxy) is 1.